The van der Waals surface area contributed by atoms with Crippen molar-refractivity contribution in [1.29, 1.82) is 0 Å². The van der Waals surface area contributed by atoms with Crippen LogP contribution >= 0.6 is 27.5 Å². The fourth-order valence-corrected chi connectivity index (χ4v) is 6.54. The van der Waals surface area contributed by atoms with Crippen LogP contribution in [-0.2, 0) is 4.79 Å². The molecule has 0 spiro atoms. The van der Waals surface area contributed by atoms with E-state index < -0.39 is 5.54 Å². The van der Waals surface area contributed by atoms with Crippen molar-refractivity contribution in [2.45, 2.75) is 18.4 Å². The first-order valence-electron chi connectivity index (χ1n) is 4.20. The van der Waals surface area contributed by atoms with Gasteiger partial charge in [-0.25, -0.2) is 0 Å². The van der Waals surface area contributed by atoms with Crippen molar-refractivity contribution in [3.05, 3.63) is 0 Å². The Bertz CT molecular complexity index is 285. The van der Waals surface area contributed by atoms with Gasteiger partial charge >= 0.3 is 106 Å². The molecular weight excluding hydrogens is 430 g/mol. The van der Waals surface area contributed by atoms with Crippen molar-refractivity contribution in [2.75, 3.05) is 5.75 Å². The number of imide groups is 1. The molecule has 0 bridgehead atoms. The average Bonchev–Trinajstić information content (AvgIpc) is 2.92. The fraction of sp³-hybridized carbons (Fsp3) is 0.714. The topological polar surface area (TPSA) is 58.2 Å². The third-order valence-electron chi connectivity index (χ3n) is 2.57. The molecule has 0 aromatic carbocycles. The van der Waals surface area contributed by atoms with Gasteiger partial charge in [0.25, 0.3) is 0 Å². The molecule has 0 aromatic heterocycles. The number of hydrogen-bond donors (Lipinski definition) is 2. The Morgan fingerprint density at radius 2 is 2.29 bits per heavy atom. The van der Waals surface area contributed by atoms with Crippen LogP contribution in [-0.4, -0.2) is 23.2 Å². The van der Waals surface area contributed by atoms with Crippen LogP contribution in [0.25, 0.3) is 0 Å². The molecule has 1 atom stereocenters. The van der Waals surface area contributed by atoms with E-state index in [1.54, 1.807) is 8.93 Å². The molecule has 3 amide bonds. The van der Waals surface area contributed by atoms with Crippen LogP contribution in [0.1, 0.15) is 12.8 Å². The van der Waals surface area contributed by atoms with Crippen LogP contribution in [0.4, 0.5) is 4.79 Å². The summed E-state index contributed by atoms with van der Waals surface area (Å²) in [6.45, 7) is 0. The second-order valence-corrected chi connectivity index (χ2v) is 13.7. The van der Waals surface area contributed by atoms with Gasteiger partial charge in [-0.2, -0.15) is 0 Å². The van der Waals surface area contributed by atoms with Gasteiger partial charge in [0.15, 0.2) is 0 Å². The molecule has 1 heterocycles. The molecule has 7 heteroatoms. The van der Waals surface area contributed by atoms with Crippen molar-refractivity contribution >= 4 is 39.5 Å². The van der Waals surface area contributed by atoms with Crippen molar-refractivity contribution in [2.24, 2.45) is 5.92 Å². The van der Waals surface area contributed by atoms with Crippen LogP contribution in [0.3, 0.4) is 0 Å². The third kappa shape index (κ3) is 1.99. The Labute approximate surface area is 105 Å². The third-order valence-corrected chi connectivity index (χ3v) is 9.59. The second-order valence-electron chi connectivity index (χ2n) is 3.47. The van der Waals surface area contributed by atoms with E-state index in [0.717, 1.165) is 18.6 Å². The molecule has 0 radical (unpaired) electrons. The van der Waals surface area contributed by atoms with Crippen LogP contribution in [0.15, 0.2) is 0 Å². The predicted molar refractivity (Wildman–Crippen MR) is 58.6 cm³/mol. The summed E-state index contributed by atoms with van der Waals surface area (Å²) in [6, 6.07) is -0.325. The Morgan fingerprint density at radius 3 is 2.71 bits per heavy atom. The van der Waals surface area contributed by atoms with E-state index in [1.807, 2.05) is 0 Å². The monoisotopic (exact) mass is 439 g/mol. The second kappa shape index (κ2) is 4.32. The summed E-state index contributed by atoms with van der Waals surface area (Å²) in [7, 11) is 1.80. The molecule has 0 aromatic rings. The van der Waals surface area contributed by atoms with Gasteiger partial charge in [0.05, 0.1) is 0 Å². The number of urea groups is 1. The van der Waals surface area contributed by atoms with Crippen molar-refractivity contribution in [3.8, 4) is 0 Å². The first-order valence-corrected chi connectivity index (χ1v) is 14.0. The molecule has 1 unspecified atom stereocenters. The number of nitrogens with one attached hydrogen (secondary N) is 2. The van der Waals surface area contributed by atoms with Gasteiger partial charge in [0.2, 0.25) is 0 Å². The Balaban J connectivity index is 2.13. The Morgan fingerprint density at radius 1 is 1.57 bits per heavy atom. The van der Waals surface area contributed by atoms with Gasteiger partial charge in [0.1, 0.15) is 0 Å². The van der Waals surface area contributed by atoms with E-state index >= 15 is 0 Å². The van der Waals surface area contributed by atoms with E-state index in [-0.39, 0.29) is 27.8 Å². The number of rotatable bonds is 4. The summed E-state index contributed by atoms with van der Waals surface area (Å²) in [5.74, 6) is 0.991. The SMILES string of the molecule is O=C1NC(=O)C(CS[I-]I)(C2CC2)N1. The molecule has 2 fully saturated rings. The summed E-state index contributed by atoms with van der Waals surface area (Å²) in [6.07, 6.45) is 2.13. The Kier molecular flexibility index (Phi) is 3.47. The van der Waals surface area contributed by atoms with E-state index in [9.17, 15) is 9.59 Å². The molecular formula is C7H9I2N2O2S-. The Hall–Kier alpha value is 0.750. The summed E-state index contributed by atoms with van der Waals surface area (Å²) in [5.41, 5.74) is -0.577. The van der Waals surface area contributed by atoms with Gasteiger partial charge in [-0.05, 0) is 0 Å². The molecule has 1 aliphatic heterocycles. The van der Waals surface area contributed by atoms with Gasteiger partial charge in [-0.1, -0.05) is 0 Å². The molecule has 14 heavy (non-hydrogen) atoms. The number of carbonyl (C=O) groups is 2. The standard InChI is InChI=1S/C7H9I2N2O2S/c8-9-14-3-7(4-1-2-4)5(12)10-6(13)11-7/h4H,1-3H2,(H2,10,11,12,13)/q-1. The van der Waals surface area contributed by atoms with Crippen LogP contribution in [0.2, 0.25) is 0 Å². The molecule has 2 aliphatic rings. The molecule has 1 saturated carbocycles. The van der Waals surface area contributed by atoms with Gasteiger partial charge < -0.3 is 0 Å². The summed E-state index contributed by atoms with van der Waals surface area (Å²) in [5, 5.41) is 5.15. The number of hydrogen-bond acceptors (Lipinski definition) is 3. The fourth-order valence-electron chi connectivity index (χ4n) is 1.69. The van der Waals surface area contributed by atoms with E-state index in [1.165, 1.54) is 0 Å². The molecule has 1 aliphatic carbocycles. The summed E-state index contributed by atoms with van der Waals surface area (Å²) in [4.78, 5) is 22.8. The van der Waals surface area contributed by atoms with Crippen molar-refractivity contribution < 1.29 is 25.4 Å². The first kappa shape index (κ1) is 11.2. The quantitative estimate of drug-likeness (QED) is 0.397. The number of halogens is 2. The zero-order valence-electron chi connectivity index (χ0n) is 7.18. The van der Waals surface area contributed by atoms with E-state index in [2.05, 4.69) is 29.2 Å². The molecule has 1 saturated heterocycles. The normalized spacial score (nSPS) is 31.8. The van der Waals surface area contributed by atoms with Crippen LogP contribution in [0.5, 0.6) is 0 Å². The minimum atomic E-state index is -0.577. The summed E-state index contributed by atoms with van der Waals surface area (Å²) >= 11 is 2.45. The molecule has 2 N–H and O–H groups in total. The van der Waals surface area contributed by atoms with Gasteiger partial charge in [0, 0.05) is 0 Å². The van der Waals surface area contributed by atoms with Crippen LogP contribution < -0.4 is 26.5 Å². The van der Waals surface area contributed by atoms with Crippen LogP contribution in [0, 0.1) is 5.92 Å². The zero-order valence-corrected chi connectivity index (χ0v) is 12.3. The predicted octanol–water partition coefficient (Wildman–Crippen LogP) is -1.94. The first-order chi connectivity index (χ1) is 6.69. The van der Waals surface area contributed by atoms with Gasteiger partial charge in [-0.3, -0.25) is 0 Å². The van der Waals surface area contributed by atoms with Crippen molar-refractivity contribution in [3.63, 3.8) is 0 Å². The van der Waals surface area contributed by atoms with E-state index in [4.69, 9.17) is 0 Å². The maximum absolute atomic E-state index is 11.7. The average molecular weight is 439 g/mol. The number of amides is 3. The van der Waals surface area contributed by atoms with Gasteiger partial charge in [-0.15, -0.1) is 0 Å². The van der Waals surface area contributed by atoms with E-state index in [0.29, 0.717) is 5.92 Å². The molecule has 2 rings (SSSR count). The summed E-state index contributed by atoms with van der Waals surface area (Å²) < 4.78 is 0. The molecule has 4 nitrogen and oxygen atoms in total. The zero-order chi connectivity index (χ0) is 10.2. The maximum atomic E-state index is 11.7. The van der Waals surface area contributed by atoms with Crippen molar-refractivity contribution in [1.82, 2.24) is 10.6 Å². The number of carbonyl (C=O) groups excluding carboxylic acids is 2. The molecule has 80 valence electrons. The minimum absolute atomic E-state index is 0.0806.